The lowest BCUT2D eigenvalue weighted by Crippen LogP contribution is -2.33. The Morgan fingerprint density at radius 2 is 1.79 bits per heavy atom. The predicted molar refractivity (Wildman–Crippen MR) is 49.5 cm³/mol. The standard InChI is InChI=1S/C8H14N2O4/c1-8(2,3)14-10-5(6(9)11)7(12)13-4/h1-4H3,(H2,9,11). The fraction of sp³-hybridized carbons (Fsp3) is 0.625. The number of nitrogens with zero attached hydrogens (tertiary/aromatic N) is 1. The molecule has 2 N–H and O–H groups in total. The Morgan fingerprint density at radius 1 is 1.29 bits per heavy atom. The maximum atomic E-state index is 10.9. The minimum atomic E-state index is -0.985. The van der Waals surface area contributed by atoms with Gasteiger partial charge in [0.1, 0.15) is 5.60 Å². The van der Waals surface area contributed by atoms with Gasteiger partial charge in [0.05, 0.1) is 7.11 Å². The number of oxime groups is 1. The summed E-state index contributed by atoms with van der Waals surface area (Å²) in [5.74, 6) is -1.90. The molecule has 0 fully saturated rings. The summed E-state index contributed by atoms with van der Waals surface area (Å²) < 4.78 is 4.29. The summed E-state index contributed by atoms with van der Waals surface area (Å²) in [6, 6.07) is 0. The Labute approximate surface area is 82.0 Å². The third-order valence-electron chi connectivity index (χ3n) is 1.02. The average molecular weight is 202 g/mol. The van der Waals surface area contributed by atoms with E-state index in [1.54, 1.807) is 20.8 Å². The van der Waals surface area contributed by atoms with Gasteiger partial charge in [0.2, 0.25) is 0 Å². The first-order valence-electron chi connectivity index (χ1n) is 3.92. The number of amides is 1. The van der Waals surface area contributed by atoms with Crippen molar-refractivity contribution in [3.63, 3.8) is 0 Å². The zero-order valence-corrected chi connectivity index (χ0v) is 8.66. The van der Waals surface area contributed by atoms with Gasteiger partial charge in [0.25, 0.3) is 11.6 Å². The van der Waals surface area contributed by atoms with E-state index in [1.807, 2.05) is 0 Å². The molecular weight excluding hydrogens is 188 g/mol. The summed E-state index contributed by atoms with van der Waals surface area (Å²) in [5, 5.41) is 3.33. The Kier molecular flexibility index (Phi) is 4.07. The van der Waals surface area contributed by atoms with Crippen molar-refractivity contribution in [3.8, 4) is 0 Å². The van der Waals surface area contributed by atoms with Crippen LogP contribution in [0.5, 0.6) is 0 Å². The van der Waals surface area contributed by atoms with Crippen molar-refractivity contribution < 1.29 is 19.2 Å². The van der Waals surface area contributed by atoms with Crippen LogP contribution in [0, 0.1) is 0 Å². The van der Waals surface area contributed by atoms with Crippen molar-refractivity contribution in [2.45, 2.75) is 26.4 Å². The molecule has 0 heterocycles. The van der Waals surface area contributed by atoms with Crippen LogP contribution in [0.2, 0.25) is 0 Å². The molecule has 14 heavy (non-hydrogen) atoms. The second kappa shape index (κ2) is 4.59. The lowest BCUT2D eigenvalue weighted by Gasteiger charge is -2.15. The molecule has 0 saturated carbocycles. The van der Waals surface area contributed by atoms with Gasteiger partial charge >= 0.3 is 5.97 Å². The first-order chi connectivity index (χ1) is 6.28. The predicted octanol–water partition coefficient (Wildman–Crippen LogP) is -0.184. The summed E-state index contributed by atoms with van der Waals surface area (Å²) in [5.41, 5.74) is 3.74. The third-order valence-corrected chi connectivity index (χ3v) is 1.02. The van der Waals surface area contributed by atoms with Crippen LogP contribution in [0.1, 0.15) is 20.8 Å². The number of methoxy groups -OCH3 is 1. The molecule has 0 atom stereocenters. The van der Waals surface area contributed by atoms with E-state index >= 15 is 0 Å². The lowest BCUT2D eigenvalue weighted by atomic mass is 10.2. The number of hydrogen-bond acceptors (Lipinski definition) is 5. The molecule has 0 saturated heterocycles. The van der Waals surface area contributed by atoms with Crippen LogP contribution in [-0.4, -0.2) is 30.3 Å². The maximum Gasteiger partial charge on any atom is 0.365 e. The van der Waals surface area contributed by atoms with Crippen LogP contribution in [0.4, 0.5) is 0 Å². The normalized spacial score (nSPS) is 12.1. The van der Waals surface area contributed by atoms with Gasteiger partial charge in [-0.3, -0.25) is 4.79 Å². The smallest absolute Gasteiger partial charge is 0.365 e. The summed E-state index contributed by atoms with van der Waals surface area (Å²) in [6.07, 6.45) is 0. The third kappa shape index (κ3) is 4.44. The first kappa shape index (κ1) is 12.4. The van der Waals surface area contributed by atoms with Gasteiger partial charge < -0.3 is 15.3 Å². The fourth-order valence-electron chi connectivity index (χ4n) is 0.462. The van der Waals surface area contributed by atoms with E-state index < -0.39 is 23.2 Å². The van der Waals surface area contributed by atoms with Crippen molar-refractivity contribution in [2.75, 3.05) is 7.11 Å². The number of rotatable bonds is 3. The van der Waals surface area contributed by atoms with Crippen LogP contribution >= 0.6 is 0 Å². The summed E-state index contributed by atoms with van der Waals surface area (Å²) in [4.78, 5) is 26.5. The van der Waals surface area contributed by atoms with Gasteiger partial charge in [0, 0.05) is 0 Å². The number of esters is 1. The molecule has 0 rings (SSSR count). The zero-order valence-electron chi connectivity index (χ0n) is 8.66. The number of carbonyl (C=O) groups is 2. The topological polar surface area (TPSA) is 91.0 Å². The molecule has 1 amide bonds. The molecule has 80 valence electrons. The number of ether oxygens (including phenoxy) is 1. The molecule has 0 aromatic heterocycles. The van der Waals surface area contributed by atoms with Crippen molar-refractivity contribution in [2.24, 2.45) is 10.9 Å². The van der Waals surface area contributed by atoms with E-state index in [9.17, 15) is 9.59 Å². The first-order valence-corrected chi connectivity index (χ1v) is 3.92. The molecule has 0 aromatic carbocycles. The van der Waals surface area contributed by atoms with E-state index in [2.05, 4.69) is 9.89 Å². The lowest BCUT2D eigenvalue weighted by molar-refractivity contribution is -0.134. The van der Waals surface area contributed by atoms with Crippen LogP contribution in [0.25, 0.3) is 0 Å². The molecule has 0 aliphatic rings. The average Bonchev–Trinajstić information content (AvgIpc) is 2.01. The van der Waals surface area contributed by atoms with E-state index in [0.29, 0.717) is 0 Å². The molecule has 0 aliphatic heterocycles. The Bertz CT molecular complexity index is 265. The SMILES string of the molecule is COC(=O)C(=NOC(C)(C)C)C(N)=O. The highest BCUT2D eigenvalue weighted by Crippen LogP contribution is 2.07. The van der Waals surface area contributed by atoms with E-state index in [1.165, 1.54) is 0 Å². The number of hydrogen-bond donors (Lipinski definition) is 1. The zero-order chi connectivity index (χ0) is 11.4. The molecule has 0 unspecified atom stereocenters. The molecule has 6 nitrogen and oxygen atoms in total. The van der Waals surface area contributed by atoms with Crippen LogP contribution in [0.3, 0.4) is 0 Å². The van der Waals surface area contributed by atoms with Crippen LogP contribution in [0.15, 0.2) is 5.16 Å². The summed E-state index contributed by atoms with van der Waals surface area (Å²) in [7, 11) is 1.12. The Morgan fingerprint density at radius 3 is 2.07 bits per heavy atom. The molecule has 0 bridgehead atoms. The highest BCUT2D eigenvalue weighted by Gasteiger charge is 2.21. The molecule has 0 radical (unpaired) electrons. The Balaban J connectivity index is 4.67. The van der Waals surface area contributed by atoms with Crippen molar-refractivity contribution in [1.29, 1.82) is 0 Å². The second-order valence-electron chi connectivity index (χ2n) is 3.50. The van der Waals surface area contributed by atoms with Gasteiger partial charge in [-0.1, -0.05) is 5.16 Å². The van der Waals surface area contributed by atoms with Gasteiger partial charge in [-0.05, 0) is 20.8 Å². The van der Waals surface area contributed by atoms with Crippen molar-refractivity contribution >= 4 is 17.6 Å². The molecular formula is C8H14N2O4. The number of carbonyl (C=O) groups excluding carboxylic acids is 2. The highest BCUT2D eigenvalue weighted by molar-refractivity contribution is 6.63. The molecule has 6 heteroatoms. The fourth-order valence-corrected chi connectivity index (χ4v) is 0.462. The van der Waals surface area contributed by atoms with Gasteiger partial charge in [0.15, 0.2) is 0 Å². The minimum absolute atomic E-state index is 0.553. The van der Waals surface area contributed by atoms with Gasteiger partial charge in [-0.2, -0.15) is 0 Å². The second-order valence-corrected chi connectivity index (χ2v) is 3.50. The molecule has 0 aliphatic carbocycles. The van der Waals surface area contributed by atoms with E-state index in [-0.39, 0.29) is 0 Å². The summed E-state index contributed by atoms with van der Waals surface area (Å²) >= 11 is 0. The van der Waals surface area contributed by atoms with Crippen molar-refractivity contribution in [1.82, 2.24) is 0 Å². The van der Waals surface area contributed by atoms with Crippen molar-refractivity contribution in [3.05, 3.63) is 0 Å². The van der Waals surface area contributed by atoms with Gasteiger partial charge in [-0.15, -0.1) is 0 Å². The van der Waals surface area contributed by atoms with E-state index in [0.717, 1.165) is 7.11 Å². The quantitative estimate of drug-likeness (QED) is 0.297. The number of nitrogens with two attached hydrogens (primary N) is 1. The highest BCUT2D eigenvalue weighted by atomic mass is 16.7. The van der Waals surface area contributed by atoms with Crippen LogP contribution in [-0.2, 0) is 19.2 Å². The summed E-state index contributed by atoms with van der Waals surface area (Å²) in [6.45, 7) is 5.14. The largest absolute Gasteiger partial charge is 0.464 e. The number of primary amides is 1. The Hall–Kier alpha value is -1.59. The minimum Gasteiger partial charge on any atom is -0.464 e. The van der Waals surface area contributed by atoms with Gasteiger partial charge in [-0.25, -0.2) is 4.79 Å². The monoisotopic (exact) mass is 202 g/mol. The van der Waals surface area contributed by atoms with E-state index in [4.69, 9.17) is 10.6 Å². The van der Waals surface area contributed by atoms with Crippen LogP contribution < -0.4 is 5.73 Å². The molecule has 0 aromatic rings. The maximum absolute atomic E-state index is 10.9. The molecule has 0 spiro atoms.